The van der Waals surface area contributed by atoms with Crippen LogP contribution in [0.4, 0.5) is 0 Å². The fraction of sp³-hybridized carbons (Fsp3) is 0.455. The molecule has 0 spiro atoms. The molecule has 12 heavy (non-hydrogen) atoms. The van der Waals surface area contributed by atoms with Gasteiger partial charge in [0.15, 0.2) is 0 Å². The SMILES string of the molecule is Cc1cccc(C)c1CCC[NH]. The number of hydrogen-bond donors (Lipinski definition) is 0. The van der Waals surface area contributed by atoms with Crippen molar-refractivity contribution in [3.8, 4) is 0 Å². The summed E-state index contributed by atoms with van der Waals surface area (Å²) in [4.78, 5) is 0. The minimum atomic E-state index is 0.535. The highest BCUT2D eigenvalue weighted by molar-refractivity contribution is 5.33. The van der Waals surface area contributed by atoms with Crippen LogP contribution in [0.1, 0.15) is 23.1 Å². The highest BCUT2D eigenvalue weighted by atomic mass is 14.5. The zero-order valence-electron chi connectivity index (χ0n) is 7.85. The Morgan fingerprint density at radius 2 is 1.75 bits per heavy atom. The van der Waals surface area contributed by atoms with E-state index >= 15 is 0 Å². The van der Waals surface area contributed by atoms with Gasteiger partial charge in [-0.1, -0.05) is 18.2 Å². The second-order valence-electron chi connectivity index (χ2n) is 3.22. The second-order valence-corrected chi connectivity index (χ2v) is 3.22. The van der Waals surface area contributed by atoms with Gasteiger partial charge in [0.25, 0.3) is 0 Å². The fourth-order valence-corrected chi connectivity index (χ4v) is 1.51. The number of aryl methyl sites for hydroxylation is 2. The van der Waals surface area contributed by atoms with Crippen molar-refractivity contribution >= 4 is 0 Å². The standard InChI is InChI=1S/C11H16N/c1-9-5-3-6-10(2)11(9)7-4-8-12/h3,5-6,12H,4,7-8H2,1-2H3. The van der Waals surface area contributed by atoms with Crippen molar-refractivity contribution in [1.82, 2.24) is 5.73 Å². The lowest BCUT2D eigenvalue weighted by Crippen LogP contribution is -1.96. The van der Waals surface area contributed by atoms with Gasteiger partial charge in [0.1, 0.15) is 0 Å². The Bertz CT molecular complexity index is 233. The molecule has 1 heteroatoms. The van der Waals surface area contributed by atoms with E-state index in [1.807, 2.05) is 0 Å². The summed E-state index contributed by atoms with van der Waals surface area (Å²) in [5.74, 6) is 0. The van der Waals surface area contributed by atoms with E-state index in [0.717, 1.165) is 12.8 Å². The van der Waals surface area contributed by atoms with Crippen LogP contribution in [0.3, 0.4) is 0 Å². The molecule has 0 aliphatic rings. The molecule has 0 unspecified atom stereocenters. The van der Waals surface area contributed by atoms with E-state index in [0.29, 0.717) is 6.54 Å². The van der Waals surface area contributed by atoms with Crippen molar-refractivity contribution in [2.75, 3.05) is 6.54 Å². The molecule has 0 atom stereocenters. The molecule has 1 radical (unpaired) electrons. The largest absolute Gasteiger partial charge is 0.258 e. The van der Waals surface area contributed by atoms with Gasteiger partial charge in [-0.3, -0.25) is 5.73 Å². The first-order chi connectivity index (χ1) is 5.75. The fourth-order valence-electron chi connectivity index (χ4n) is 1.51. The summed E-state index contributed by atoms with van der Waals surface area (Å²) in [6.45, 7) is 4.83. The van der Waals surface area contributed by atoms with Crippen molar-refractivity contribution < 1.29 is 0 Å². The average Bonchev–Trinajstić information content (AvgIpc) is 2.04. The van der Waals surface area contributed by atoms with Crippen molar-refractivity contribution in [3.63, 3.8) is 0 Å². The molecule has 0 saturated heterocycles. The molecule has 0 aliphatic heterocycles. The zero-order chi connectivity index (χ0) is 8.97. The van der Waals surface area contributed by atoms with E-state index in [1.165, 1.54) is 16.7 Å². The van der Waals surface area contributed by atoms with E-state index in [9.17, 15) is 0 Å². The molecule has 1 aromatic carbocycles. The van der Waals surface area contributed by atoms with Crippen LogP contribution in [0.2, 0.25) is 0 Å². The maximum absolute atomic E-state index is 7.09. The minimum absolute atomic E-state index is 0.535. The molecule has 1 aromatic rings. The van der Waals surface area contributed by atoms with Crippen molar-refractivity contribution in [2.45, 2.75) is 26.7 Å². The van der Waals surface area contributed by atoms with E-state index in [1.54, 1.807) is 0 Å². The third kappa shape index (κ3) is 2.08. The molecule has 0 heterocycles. The lowest BCUT2D eigenvalue weighted by Gasteiger charge is -2.07. The van der Waals surface area contributed by atoms with Crippen LogP contribution in [0.15, 0.2) is 18.2 Å². The van der Waals surface area contributed by atoms with Crippen LogP contribution in [0.25, 0.3) is 0 Å². The Balaban J connectivity index is 2.81. The molecule has 0 amide bonds. The maximum atomic E-state index is 7.09. The monoisotopic (exact) mass is 162 g/mol. The smallest absolute Gasteiger partial charge is 0.0103 e. The molecular weight excluding hydrogens is 146 g/mol. The Hall–Kier alpha value is -0.820. The van der Waals surface area contributed by atoms with Crippen LogP contribution >= 0.6 is 0 Å². The minimum Gasteiger partial charge on any atom is -0.258 e. The number of rotatable bonds is 3. The molecule has 0 saturated carbocycles. The number of hydrogen-bond acceptors (Lipinski definition) is 0. The summed E-state index contributed by atoms with van der Waals surface area (Å²) in [5.41, 5.74) is 11.3. The number of benzene rings is 1. The summed E-state index contributed by atoms with van der Waals surface area (Å²) in [6, 6.07) is 6.38. The Morgan fingerprint density at radius 1 is 1.17 bits per heavy atom. The van der Waals surface area contributed by atoms with Gasteiger partial charge in [0.05, 0.1) is 0 Å². The van der Waals surface area contributed by atoms with Crippen molar-refractivity contribution in [2.24, 2.45) is 0 Å². The Morgan fingerprint density at radius 3 is 2.25 bits per heavy atom. The zero-order valence-corrected chi connectivity index (χ0v) is 7.85. The summed E-state index contributed by atoms with van der Waals surface area (Å²) < 4.78 is 0. The molecule has 0 bridgehead atoms. The van der Waals surface area contributed by atoms with Crippen LogP contribution in [0.5, 0.6) is 0 Å². The molecule has 0 aliphatic carbocycles. The maximum Gasteiger partial charge on any atom is 0.0103 e. The van der Waals surface area contributed by atoms with E-state index < -0.39 is 0 Å². The summed E-state index contributed by atoms with van der Waals surface area (Å²) >= 11 is 0. The van der Waals surface area contributed by atoms with E-state index in [-0.39, 0.29) is 0 Å². The second kappa shape index (κ2) is 4.27. The molecule has 1 N–H and O–H groups in total. The van der Waals surface area contributed by atoms with Gasteiger partial charge < -0.3 is 0 Å². The molecule has 0 aromatic heterocycles. The predicted octanol–water partition coefficient (Wildman–Crippen LogP) is 2.52. The van der Waals surface area contributed by atoms with Gasteiger partial charge in [-0.15, -0.1) is 0 Å². The van der Waals surface area contributed by atoms with Crippen LogP contribution < -0.4 is 5.73 Å². The summed E-state index contributed by atoms with van der Waals surface area (Å²) in [7, 11) is 0. The molecule has 1 nitrogen and oxygen atoms in total. The predicted molar refractivity (Wildman–Crippen MR) is 52.2 cm³/mol. The van der Waals surface area contributed by atoms with E-state index in [2.05, 4.69) is 32.0 Å². The van der Waals surface area contributed by atoms with Crippen LogP contribution in [-0.4, -0.2) is 6.54 Å². The van der Waals surface area contributed by atoms with Gasteiger partial charge in [0, 0.05) is 6.54 Å². The van der Waals surface area contributed by atoms with Gasteiger partial charge in [-0.25, -0.2) is 0 Å². The van der Waals surface area contributed by atoms with Crippen LogP contribution in [-0.2, 0) is 6.42 Å². The summed E-state index contributed by atoms with van der Waals surface area (Å²) in [6.07, 6.45) is 2.04. The van der Waals surface area contributed by atoms with Crippen LogP contribution in [0, 0.1) is 13.8 Å². The first kappa shape index (κ1) is 9.27. The van der Waals surface area contributed by atoms with Gasteiger partial charge in [-0.05, 0) is 43.4 Å². The number of nitrogens with one attached hydrogen (secondary N) is 1. The van der Waals surface area contributed by atoms with Gasteiger partial charge in [-0.2, -0.15) is 0 Å². The van der Waals surface area contributed by atoms with Gasteiger partial charge in [0.2, 0.25) is 0 Å². The lowest BCUT2D eigenvalue weighted by atomic mass is 9.99. The molecular formula is C11H16N. The van der Waals surface area contributed by atoms with Crippen molar-refractivity contribution in [1.29, 1.82) is 0 Å². The topological polar surface area (TPSA) is 23.8 Å². The average molecular weight is 162 g/mol. The lowest BCUT2D eigenvalue weighted by molar-refractivity contribution is 0.808. The van der Waals surface area contributed by atoms with Gasteiger partial charge >= 0.3 is 0 Å². The normalized spacial score (nSPS) is 10.2. The molecule has 1 rings (SSSR count). The Labute approximate surface area is 74.6 Å². The first-order valence-electron chi connectivity index (χ1n) is 4.45. The first-order valence-corrected chi connectivity index (χ1v) is 4.45. The quantitative estimate of drug-likeness (QED) is 0.652. The highest BCUT2D eigenvalue weighted by Crippen LogP contribution is 2.14. The molecule has 0 fully saturated rings. The third-order valence-electron chi connectivity index (χ3n) is 2.25. The van der Waals surface area contributed by atoms with E-state index in [4.69, 9.17) is 5.73 Å². The van der Waals surface area contributed by atoms with Crippen molar-refractivity contribution in [3.05, 3.63) is 34.9 Å². The Kier molecular flexibility index (Phi) is 3.30. The molecule has 65 valence electrons. The summed E-state index contributed by atoms with van der Waals surface area (Å²) in [5, 5.41) is 0. The third-order valence-corrected chi connectivity index (χ3v) is 2.25. The highest BCUT2D eigenvalue weighted by Gasteiger charge is 1.99.